The summed E-state index contributed by atoms with van der Waals surface area (Å²) in [5.41, 5.74) is 0.860. The first kappa shape index (κ1) is 21.7. The quantitative estimate of drug-likeness (QED) is 0.721. The minimum Gasteiger partial charge on any atom is -0.598 e. The van der Waals surface area contributed by atoms with Crippen LogP contribution < -0.4 is 10.3 Å². The molecule has 0 amide bonds. The van der Waals surface area contributed by atoms with Crippen molar-refractivity contribution in [3.8, 4) is 0 Å². The van der Waals surface area contributed by atoms with Gasteiger partial charge in [0.1, 0.15) is 16.4 Å². The molecule has 3 atom stereocenters. The number of nitrogens with zero attached hydrogens (tertiary/aromatic N) is 2. The number of fused-ring (bicyclic) bond motifs is 1. The molecule has 1 aromatic heterocycles. The Morgan fingerprint density at radius 2 is 2.07 bits per heavy atom. The molecule has 1 saturated carbocycles. The predicted octanol–water partition coefficient (Wildman–Crippen LogP) is 3.88. The molecule has 0 radical (unpaired) electrons. The molecule has 8 heteroatoms. The van der Waals surface area contributed by atoms with Crippen LogP contribution in [-0.2, 0) is 16.1 Å². The predicted molar refractivity (Wildman–Crippen MR) is 116 cm³/mol. The van der Waals surface area contributed by atoms with E-state index < -0.39 is 28.0 Å². The van der Waals surface area contributed by atoms with E-state index in [-0.39, 0.29) is 22.9 Å². The molecule has 2 aliphatic rings. The number of ether oxygens (including phenoxy) is 1. The fourth-order valence-corrected chi connectivity index (χ4v) is 4.76. The van der Waals surface area contributed by atoms with Crippen LogP contribution in [0.25, 0.3) is 10.9 Å². The van der Waals surface area contributed by atoms with Crippen LogP contribution in [0.15, 0.2) is 16.9 Å². The maximum atomic E-state index is 14.5. The molecule has 30 heavy (non-hydrogen) atoms. The third-order valence-corrected chi connectivity index (χ3v) is 7.45. The molecule has 2 heterocycles. The van der Waals surface area contributed by atoms with Gasteiger partial charge in [0.05, 0.1) is 23.6 Å². The largest absolute Gasteiger partial charge is 0.598 e. The lowest BCUT2D eigenvalue weighted by Gasteiger charge is -2.28. The van der Waals surface area contributed by atoms with Gasteiger partial charge in [0.25, 0.3) is 5.56 Å². The van der Waals surface area contributed by atoms with E-state index in [4.69, 9.17) is 9.72 Å². The number of nitrogens with one attached hydrogen (secondary N) is 1. The standard InChI is InChI=1S/C22H30FN3O3S/c1-13(25-30(28)22(2,3)4)17-10-15(23)11-18-19(17)24-20(14-6-5-9-29-12-14)26(21(18)27)16-7-8-16/h10-11,13-14,16,25H,5-9,12H2,1-4H3/t13-,14?,30?/m1/s1. The van der Waals surface area contributed by atoms with E-state index in [1.54, 1.807) is 4.57 Å². The number of benzene rings is 1. The van der Waals surface area contributed by atoms with Gasteiger partial charge in [0.2, 0.25) is 0 Å². The zero-order valence-corrected chi connectivity index (χ0v) is 18.9. The van der Waals surface area contributed by atoms with Crippen LogP contribution in [0.2, 0.25) is 0 Å². The van der Waals surface area contributed by atoms with Gasteiger partial charge in [0, 0.05) is 35.5 Å². The maximum absolute atomic E-state index is 14.5. The molecule has 6 nitrogen and oxygen atoms in total. The molecule has 1 aromatic carbocycles. The summed E-state index contributed by atoms with van der Waals surface area (Å²) < 4.78 is 37.1. The average molecular weight is 436 g/mol. The van der Waals surface area contributed by atoms with Gasteiger partial charge in [-0.05, 0) is 65.5 Å². The van der Waals surface area contributed by atoms with Crippen LogP contribution in [0.4, 0.5) is 4.39 Å². The SMILES string of the molecule is C[C@@H](N[S+]([O-])C(C)(C)C)c1cc(F)cc2c(=O)n(C3CC3)c(C3CCCOC3)nc12. The molecule has 164 valence electrons. The van der Waals surface area contributed by atoms with Gasteiger partial charge in [-0.1, -0.05) is 0 Å². The Hall–Kier alpha value is -1.48. The molecule has 2 unspecified atom stereocenters. The second kappa shape index (κ2) is 8.22. The van der Waals surface area contributed by atoms with Gasteiger partial charge in [-0.25, -0.2) is 9.37 Å². The highest BCUT2D eigenvalue weighted by Crippen LogP contribution is 2.38. The van der Waals surface area contributed by atoms with Crippen molar-refractivity contribution in [1.82, 2.24) is 14.3 Å². The van der Waals surface area contributed by atoms with E-state index in [1.165, 1.54) is 12.1 Å². The number of hydrogen-bond acceptors (Lipinski definition) is 5. The summed E-state index contributed by atoms with van der Waals surface area (Å²) in [6.07, 6.45) is 3.74. The van der Waals surface area contributed by atoms with Crippen molar-refractivity contribution in [1.29, 1.82) is 0 Å². The average Bonchev–Trinajstić information content (AvgIpc) is 3.52. The molecule has 1 aliphatic carbocycles. The van der Waals surface area contributed by atoms with Crippen LogP contribution in [0.3, 0.4) is 0 Å². The molecule has 1 saturated heterocycles. The van der Waals surface area contributed by atoms with E-state index in [1.807, 2.05) is 27.7 Å². The Kier molecular flexibility index (Phi) is 5.96. The Labute approximate surface area is 179 Å². The Bertz CT molecular complexity index is 994. The van der Waals surface area contributed by atoms with Crippen molar-refractivity contribution >= 4 is 22.3 Å². The third kappa shape index (κ3) is 4.28. The summed E-state index contributed by atoms with van der Waals surface area (Å²) in [6.45, 7) is 8.73. The summed E-state index contributed by atoms with van der Waals surface area (Å²) >= 11 is -1.34. The number of hydrogen-bond donors (Lipinski definition) is 1. The first-order valence-electron chi connectivity index (χ1n) is 10.7. The lowest BCUT2D eigenvalue weighted by atomic mass is 9.99. The second-order valence-electron chi connectivity index (χ2n) is 9.40. The fraction of sp³-hybridized carbons (Fsp3) is 0.636. The van der Waals surface area contributed by atoms with Crippen LogP contribution >= 0.6 is 0 Å². The highest BCUT2D eigenvalue weighted by Gasteiger charge is 2.34. The fourth-order valence-electron chi connectivity index (χ4n) is 3.96. The van der Waals surface area contributed by atoms with Crippen LogP contribution in [0.1, 0.15) is 82.8 Å². The van der Waals surface area contributed by atoms with Crippen molar-refractivity contribution in [2.45, 2.75) is 76.1 Å². The van der Waals surface area contributed by atoms with Crippen molar-refractivity contribution in [3.63, 3.8) is 0 Å². The van der Waals surface area contributed by atoms with Gasteiger partial charge in [-0.3, -0.25) is 9.36 Å². The number of halogens is 1. The van der Waals surface area contributed by atoms with E-state index >= 15 is 0 Å². The van der Waals surface area contributed by atoms with E-state index in [0.29, 0.717) is 17.7 Å². The van der Waals surface area contributed by atoms with Crippen molar-refractivity contribution in [2.24, 2.45) is 0 Å². The smallest absolute Gasteiger partial charge is 0.261 e. The van der Waals surface area contributed by atoms with E-state index in [0.717, 1.165) is 38.1 Å². The molecule has 2 aromatic rings. The first-order valence-corrected chi connectivity index (χ1v) is 11.8. The first-order chi connectivity index (χ1) is 14.2. The number of aromatic nitrogens is 2. The third-order valence-electron chi connectivity index (χ3n) is 5.77. The van der Waals surface area contributed by atoms with Gasteiger partial charge >= 0.3 is 0 Å². The Balaban J connectivity index is 1.85. The number of rotatable bonds is 5. The summed E-state index contributed by atoms with van der Waals surface area (Å²) in [5, 5.41) is 0.285. The summed E-state index contributed by atoms with van der Waals surface area (Å²) in [4.78, 5) is 18.3. The normalized spacial score (nSPS) is 22.3. The summed E-state index contributed by atoms with van der Waals surface area (Å²) in [6, 6.07) is 2.39. The maximum Gasteiger partial charge on any atom is 0.261 e. The highest BCUT2D eigenvalue weighted by atomic mass is 32.2. The Morgan fingerprint density at radius 3 is 2.67 bits per heavy atom. The van der Waals surface area contributed by atoms with Gasteiger partial charge in [-0.2, -0.15) is 0 Å². The van der Waals surface area contributed by atoms with E-state index in [9.17, 15) is 13.7 Å². The Morgan fingerprint density at radius 1 is 1.33 bits per heavy atom. The topological polar surface area (TPSA) is 79.2 Å². The lowest BCUT2D eigenvalue weighted by Crippen LogP contribution is -2.40. The van der Waals surface area contributed by atoms with Crippen LogP contribution in [-0.4, -0.2) is 32.1 Å². The molecule has 0 spiro atoms. The minimum atomic E-state index is -1.34. The minimum absolute atomic E-state index is 0.0568. The lowest BCUT2D eigenvalue weighted by molar-refractivity contribution is 0.0766. The van der Waals surface area contributed by atoms with Crippen molar-refractivity contribution in [2.75, 3.05) is 13.2 Å². The zero-order valence-electron chi connectivity index (χ0n) is 18.0. The molecule has 4 rings (SSSR count). The molecular formula is C22H30FN3O3S. The molecule has 1 N–H and O–H groups in total. The highest BCUT2D eigenvalue weighted by molar-refractivity contribution is 7.90. The summed E-state index contributed by atoms with van der Waals surface area (Å²) in [7, 11) is 0. The molecule has 2 fully saturated rings. The van der Waals surface area contributed by atoms with Crippen LogP contribution in [0, 0.1) is 5.82 Å². The van der Waals surface area contributed by atoms with Gasteiger partial charge in [-0.15, -0.1) is 4.72 Å². The van der Waals surface area contributed by atoms with Gasteiger partial charge < -0.3 is 9.29 Å². The van der Waals surface area contributed by atoms with Gasteiger partial charge in [0.15, 0.2) is 0 Å². The monoisotopic (exact) mass is 435 g/mol. The van der Waals surface area contributed by atoms with Crippen molar-refractivity contribution in [3.05, 3.63) is 39.7 Å². The van der Waals surface area contributed by atoms with E-state index in [2.05, 4.69) is 4.72 Å². The van der Waals surface area contributed by atoms with Crippen molar-refractivity contribution < 1.29 is 13.7 Å². The van der Waals surface area contributed by atoms with Crippen LogP contribution in [0.5, 0.6) is 0 Å². The second-order valence-corrected chi connectivity index (χ2v) is 11.4. The molecule has 1 aliphatic heterocycles. The molecule has 0 bridgehead atoms. The summed E-state index contributed by atoms with van der Waals surface area (Å²) in [5.74, 6) is 0.315. The molecular weight excluding hydrogens is 405 g/mol. The zero-order chi connectivity index (χ0) is 21.6.